The lowest BCUT2D eigenvalue weighted by Crippen LogP contribution is -2.42. The molecule has 0 radical (unpaired) electrons. The van der Waals surface area contributed by atoms with Crippen LogP contribution in [0.3, 0.4) is 0 Å². The topological polar surface area (TPSA) is 78.1 Å². The fourth-order valence-corrected chi connectivity index (χ4v) is 1.25. The minimum atomic E-state index is 0.0897. The van der Waals surface area contributed by atoms with Crippen molar-refractivity contribution in [3.8, 4) is 0 Å². The molecule has 0 aromatic heterocycles. The summed E-state index contributed by atoms with van der Waals surface area (Å²) in [5.74, 6) is 0. The molecular weight excluding hydrogens is 150 g/mol. The van der Waals surface area contributed by atoms with Gasteiger partial charge in [0.15, 0.2) is 0 Å². The van der Waals surface area contributed by atoms with Gasteiger partial charge in [0, 0.05) is 12.1 Å². The van der Waals surface area contributed by atoms with E-state index in [1.165, 1.54) is 19.3 Å². The summed E-state index contributed by atoms with van der Waals surface area (Å²) >= 11 is 0. The molecule has 12 heavy (non-hydrogen) atoms. The quantitative estimate of drug-likeness (QED) is 0.492. The Morgan fingerprint density at radius 1 is 1.00 bits per heavy atom. The Balaban J connectivity index is 3.35. The van der Waals surface area contributed by atoms with Crippen LogP contribution in [0.15, 0.2) is 0 Å². The van der Waals surface area contributed by atoms with Crippen LogP contribution in [0, 0.1) is 0 Å². The summed E-state index contributed by atoms with van der Waals surface area (Å²) in [5, 5.41) is 0. The van der Waals surface area contributed by atoms with Gasteiger partial charge in [0.2, 0.25) is 0 Å². The Labute approximate surface area is 75.7 Å². The maximum atomic E-state index is 5.86. The Bertz CT molecular complexity index is 95.8. The zero-order valence-electron chi connectivity index (χ0n) is 8.13. The van der Waals surface area contributed by atoms with Crippen LogP contribution in [-0.2, 0) is 0 Å². The zero-order valence-corrected chi connectivity index (χ0v) is 8.13. The predicted octanol–water partition coefficient (Wildman–Crippen LogP) is 0.570. The van der Waals surface area contributed by atoms with E-state index in [1.807, 2.05) is 0 Å². The summed E-state index contributed by atoms with van der Waals surface area (Å²) in [6.07, 6.45) is 5.56. The van der Waals surface area contributed by atoms with E-state index in [9.17, 15) is 0 Å². The molecule has 0 spiro atoms. The normalized spacial score (nSPS) is 16.0. The molecule has 0 heterocycles. The zero-order chi connectivity index (χ0) is 9.40. The molecule has 0 amide bonds. The Morgan fingerprint density at radius 3 is 2.08 bits per heavy atom. The minimum Gasteiger partial charge on any atom is -0.330 e. The molecule has 0 aromatic rings. The Kier molecular flexibility index (Phi) is 7.45. The maximum absolute atomic E-state index is 5.86. The molecule has 0 saturated carbocycles. The lowest BCUT2D eigenvalue weighted by atomic mass is 10.0. The number of rotatable bonds is 7. The molecule has 0 bridgehead atoms. The minimum absolute atomic E-state index is 0.0897. The first kappa shape index (κ1) is 11.9. The van der Waals surface area contributed by atoms with Gasteiger partial charge in [-0.05, 0) is 19.4 Å². The van der Waals surface area contributed by atoms with E-state index >= 15 is 0 Å². The monoisotopic (exact) mass is 173 g/mol. The fraction of sp³-hybridized carbons (Fsp3) is 1.00. The van der Waals surface area contributed by atoms with Crippen LogP contribution in [0.4, 0.5) is 0 Å². The summed E-state index contributed by atoms with van der Waals surface area (Å²) < 4.78 is 0. The largest absolute Gasteiger partial charge is 0.330 e. The second-order valence-corrected chi connectivity index (χ2v) is 3.40. The standard InChI is InChI=1S/C9H23N3/c1-2-3-4-5-8(11)9(12)6-7-10/h8-9H,2-7,10-12H2,1H3. The van der Waals surface area contributed by atoms with E-state index in [-0.39, 0.29) is 12.1 Å². The molecule has 0 saturated heterocycles. The summed E-state index contributed by atoms with van der Waals surface area (Å²) in [4.78, 5) is 0. The SMILES string of the molecule is CCCCCC(N)C(N)CCN. The van der Waals surface area contributed by atoms with Crippen LogP contribution >= 0.6 is 0 Å². The molecular formula is C9H23N3. The highest BCUT2D eigenvalue weighted by atomic mass is 14.8. The van der Waals surface area contributed by atoms with Crippen molar-refractivity contribution in [1.29, 1.82) is 0 Å². The first-order valence-corrected chi connectivity index (χ1v) is 4.93. The van der Waals surface area contributed by atoms with Crippen LogP contribution in [0.1, 0.15) is 39.0 Å². The van der Waals surface area contributed by atoms with Crippen molar-refractivity contribution in [2.24, 2.45) is 17.2 Å². The maximum Gasteiger partial charge on any atom is 0.0204 e. The van der Waals surface area contributed by atoms with E-state index < -0.39 is 0 Å². The molecule has 3 nitrogen and oxygen atoms in total. The van der Waals surface area contributed by atoms with E-state index in [2.05, 4.69) is 6.92 Å². The predicted molar refractivity (Wildman–Crippen MR) is 53.8 cm³/mol. The molecule has 2 unspecified atom stereocenters. The van der Waals surface area contributed by atoms with Crippen LogP contribution in [-0.4, -0.2) is 18.6 Å². The molecule has 0 aromatic carbocycles. The number of nitrogens with two attached hydrogens (primary N) is 3. The van der Waals surface area contributed by atoms with Gasteiger partial charge in [0.1, 0.15) is 0 Å². The Morgan fingerprint density at radius 2 is 1.58 bits per heavy atom. The van der Waals surface area contributed by atoms with Gasteiger partial charge in [0.25, 0.3) is 0 Å². The molecule has 6 N–H and O–H groups in total. The van der Waals surface area contributed by atoms with Crippen molar-refractivity contribution in [3.63, 3.8) is 0 Å². The molecule has 74 valence electrons. The van der Waals surface area contributed by atoms with Crippen molar-refractivity contribution in [2.75, 3.05) is 6.54 Å². The van der Waals surface area contributed by atoms with Gasteiger partial charge in [-0.15, -0.1) is 0 Å². The highest BCUT2D eigenvalue weighted by molar-refractivity contribution is 4.75. The van der Waals surface area contributed by atoms with Crippen molar-refractivity contribution in [2.45, 2.75) is 51.1 Å². The van der Waals surface area contributed by atoms with E-state index in [1.54, 1.807) is 0 Å². The molecule has 2 atom stereocenters. The van der Waals surface area contributed by atoms with Crippen molar-refractivity contribution < 1.29 is 0 Å². The van der Waals surface area contributed by atoms with Gasteiger partial charge in [-0.3, -0.25) is 0 Å². The average molecular weight is 173 g/mol. The van der Waals surface area contributed by atoms with Crippen LogP contribution in [0.25, 0.3) is 0 Å². The van der Waals surface area contributed by atoms with Gasteiger partial charge in [-0.1, -0.05) is 26.2 Å². The average Bonchev–Trinajstić information content (AvgIpc) is 2.05. The lowest BCUT2D eigenvalue weighted by Gasteiger charge is -2.18. The smallest absolute Gasteiger partial charge is 0.0204 e. The molecule has 0 aliphatic carbocycles. The molecule has 0 fully saturated rings. The third-order valence-corrected chi connectivity index (χ3v) is 2.19. The number of hydrogen-bond acceptors (Lipinski definition) is 3. The van der Waals surface area contributed by atoms with Gasteiger partial charge in [0.05, 0.1) is 0 Å². The van der Waals surface area contributed by atoms with E-state index in [0.717, 1.165) is 12.8 Å². The lowest BCUT2D eigenvalue weighted by molar-refractivity contribution is 0.455. The van der Waals surface area contributed by atoms with Crippen LogP contribution in [0.2, 0.25) is 0 Å². The molecule has 0 aliphatic rings. The molecule has 3 heteroatoms. The number of hydrogen-bond donors (Lipinski definition) is 3. The summed E-state index contributed by atoms with van der Waals surface area (Å²) in [6, 6.07) is 0.229. The molecule has 0 aliphatic heterocycles. The summed E-state index contributed by atoms with van der Waals surface area (Å²) in [5.41, 5.74) is 17.1. The first-order chi connectivity index (χ1) is 5.72. The first-order valence-electron chi connectivity index (χ1n) is 4.93. The number of unbranched alkanes of at least 4 members (excludes halogenated alkanes) is 2. The second kappa shape index (κ2) is 7.53. The van der Waals surface area contributed by atoms with Crippen molar-refractivity contribution in [1.82, 2.24) is 0 Å². The molecule has 0 rings (SSSR count). The Hall–Kier alpha value is -0.120. The summed E-state index contributed by atoms with van der Waals surface area (Å²) in [7, 11) is 0. The van der Waals surface area contributed by atoms with Gasteiger partial charge in [-0.2, -0.15) is 0 Å². The third kappa shape index (κ3) is 5.52. The van der Waals surface area contributed by atoms with Gasteiger partial charge < -0.3 is 17.2 Å². The van der Waals surface area contributed by atoms with E-state index in [0.29, 0.717) is 6.54 Å². The summed E-state index contributed by atoms with van der Waals surface area (Å²) in [6.45, 7) is 2.83. The van der Waals surface area contributed by atoms with Crippen molar-refractivity contribution in [3.05, 3.63) is 0 Å². The van der Waals surface area contributed by atoms with Crippen LogP contribution < -0.4 is 17.2 Å². The van der Waals surface area contributed by atoms with E-state index in [4.69, 9.17) is 17.2 Å². The second-order valence-electron chi connectivity index (χ2n) is 3.40. The van der Waals surface area contributed by atoms with Crippen molar-refractivity contribution >= 4 is 0 Å². The van der Waals surface area contributed by atoms with Crippen LogP contribution in [0.5, 0.6) is 0 Å². The highest BCUT2D eigenvalue weighted by Gasteiger charge is 2.10. The fourth-order valence-electron chi connectivity index (χ4n) is 1.25. The highest BCUT2D eigenvalue weighted by Crippen LogP contribution is 2.05. The van der Waals surface area contributed by atoms with Gasteiger partial charge in [-0.25, -0.2) is 0 Å². The van der Waals surface area contributed by atoms with Gasteiger partial charge >= 0.3 is 0 Å². The third-order valence-electron chi connectivity index (χ3n) is 2.19.